The number of fused-ring (bicyclic) bond motifs is 5. The Morgan fingerprint density at radius 3 is 1.54 bits per heavy atom. The van der Waals surface area contributed by atoms with E-state index in [9.17, 15) is 0 Å². The number of rotatable bonds is 8. The Hall–Kier alpha value is -8.09. The molecule has 0 aliphatic carbocycles. The number of para-hydroxylation sites is 2. The van der Waals surface area contributed by atoms with Gasteiger partial charge in [-0.05, 0) is 113 Å². The van der Waals surface area contributed by atoms with E-state index in [0.717, 1.165) is 45.1 Å². The van der Waals surface area contributed by atoms with E-state index in [0.29, 0.717) is 5.82 Å². The van der Waals surface area contributed by atoms with Gasteiger partial charge in [0.15, 0.2) is 5.82 Å². The number of benzene rings is 8. The zero-order valence-corrected chi connectivity index (χ0v) is 32.0. The maximum atomic E-state index is 4.36. The SMILES string of the molecule is c1ccc(-c2ccc(N(c3ccc(-c4ccc5c(c4)c4ccc6ccn(-c7ccccc7)c6c4n5-c4ccccc4)cc3)c3ccc(-c4ncncn4)cc3)cc2)cc1. The maximum Gasteiger partial charge on any atom is 0.162 e. The van der Waals surface area contributed by atoms with Gasteiger partial charge in [0.2, 0.25) is 0 Å². The summed E-state index contributed by atoms with van der Waals surface area (Å²) in [5.74, 6) is 0.646. The van der Waals surface area contributed by atoms with Gasteiger partial charge in [0.25, 0.3) is 0 Å². The summed E-state index contributed by atoms with van der Waals surface area (Å²) in [5, 5.41) is 3.64. The van der Waals surface area contributed by atoms with Crippen LogP contribution in [0, 0.1) is 0 Å². The van der Waals surface area contributed by atoms with Gasteiger partial charge in [-0.1, -0.05) is 109 Å². The van der Waals surface area contributed by atoms with Gasteiger partial charge >= 0.3 is 0 Å². The molecule has 3 heterocycles. The average Bonchev–Trinajstić information content (AvgIpc) is 3.90. The lowest BCUT2D eigenvalue weighted by Crippen LogP contribution is -2.09. The summed E-state index contributed by atoms with van der Waals surface area (Å²) in [5.41, 5.74) is 14.6. The second kappa shape index (κ2) is 14.4. The molecule has 6 nitrogen and oxygen atoms in total. The molecule has 0 saturated carbocycles. The topological polar surface area (TPSA) is 51.8 Å². The highest BCUT2D eigenvalue weighted by Gasteiger charge is 2.19. The molecule has 6 heteroatoms. The van der Waals surface area contributed by atoms with E-state index in [1.54, 1.807) is 0 Å². The fraction of sp³-hybridized carbons (Fsp3) is 0. The Balaban J connectivity index is 1.02. The van der Waals surface area contributed by atoms with Crippen LogP contribution in [0.25, 0.3) is 77.7 Å². The van der Waals surface area contributed by atoms with Crippen molar-refractivity contribution < 1.29 is 0 Å². The van der Waals surface area contributed by atoms with Crippen LogP contribution in [0.15, 0.2) is 219 Å². The summed E-state index contributed by atoms with van der Waals surface area (Å²) in [6, 6.07) is 71.5. The van der Waals surface area contributed by atoms with Crippen molar-refractivity contribution in [2.24, 2.45) is 0 Å². The third-order valence-corrected chi connectivity index (χ3v) is 11.2. The average molecular weight is 757 g/mol. The van der Waals surface area contributed by atoms with Crippen molar-refractivity contribution >= 4 is 49.8 Å². The smallest absolute Gasteiger partial charge is 0.162 e. The number of nitrogens with zero attached hydrogens (tertiary/aromatic N) is 6. The lowest BCUT2D eigenvalue weighted by atomic mass is 10.0. The molecule has 0 saturated heterocycles. The van der Waals surface area contributed by atoms with E-state index in [1.165, 1.54) is 56.5 Å². The van der Waals surface area contributed by atoms with Gasteiger partial charge in [-0.25, -0.2) is 15.0 Å². The van der Waals surface area contributed by atoms with E-state index >= 15 is 0 Å². The highest BCUT2D eigenvalue weighted by molar-refractivity contribution is 6.18. The second-order valence-electron chi connectivity index (χ2n) is 14.6. The van der Waals surface area contributed by atoms with Gasteiger partial charge in [0.1, 0.15) is 12.7 Å². The van der Waals surface area contributed by atoms with E-state index in [1.807, 2.05) is 6.07 Å². The van der Waals surface area contributed by atoms with Crippen LogP contribution in [-0.4, -0.2) is 24.1 Å². The number of hydrogen-bond acceptors (Lipinski definition) is 4. The minimum Gasteiger partial charge on any atom is -0.315 e. The zero-order valence-electron chi connectivity index (χ0n) is 32.0. The molecular formula is C53H36N6. The molecule has 0 bridgehead atoms. The monoisotopic (exact) mass is 756 g/mol. The van der Waals surface area contributed by atoms with Gasteiger partial charge in [-0.15, -0.1) is 0 Å². The Kier molecular flexibility index (Phi) is 8.37. The number of aromatic nitrogens is 5. The summed E-state index contributed by atoms with van der Waals surface area (Å²) < 4.78 is 4.74. The highest BCUT2D eigenvalue weighted by Crippen LogP contribution is 2.41. The molecular weight excluding hydrogens is 721 g/mol. The lowest BCUT2D eigenvalue weighted by molar-refractivity contribution is 1.06. The van der Waals surface area contributed by atoms with Gasteiger partial charge in [0, 0.05) is 56.4 Å². The molecule has 11 aromatic rings. The Morgan fingerprint density at radius 1 is 0.390 bits per heavy atom. The normalized spacial score (nSPS) is 11.4. The molecule has 0 aliphatic heterocycles. The van der Waals surface area contributed by atoms with Crippen LogP contribution >= 0.6 is 0 Å². The predicted octanol–water partition coefficient (Wildman–Crippen LogP) is 13.4. The van der Waals surface area contributed by atoms with Crippen molar-refractivity contribution in [3.05, 3.63) is 219 Å². The third kappa shape index (κ3) is 6.11. The van der Waals surface area contributed by atoms with Crippen LogP contribution in [-0.2, 0) is 0 Å². The molecule has 0 fully saturated rings. The maximum absolute atomic E-state index is 4.36. The van der Waals surface area contributed by atoms with Crippen molar-refractivity contribution in [1.29, 1.82) is 0 Å². The molecule has 0 unspecified atom stereocenters. The highest BCUT2D eigenvalue weighted by atomic mass is 15.1. The molecule has 3 aromatic heterocycles. The minimum atomic E-state index is 0.646. The zero-order chi connectivity index (χ0) is 39.1. The molecule has 8 aromatic carbocycles. The first-order chi connectivity index (χ1) is 29.3. The quantitative estimate of drug-likeness (QED) is 0.155. The molecule has 0 atom stereocenters. The first kappa shape index (κ1) is 34.2. The summed E-state index contributed by atoms with van der Waals surface area (Å²) in [4.78, 5) is 15.0. The Labute approximate surface area is 341 Å². The molecule has 0 amide bonds. The predicted molar refractivity (Wildman–Crippen MR) is 242 cm³/mol. The van der Waals surface area contributed by atoms with Crippen LogP contribution in [0.4, 0.5) is 17.1 Å². The first-order valence-corrected chi connectivity index (χ1v) is 19.7. The van der Waals surface area contributed by atoms with Gasteiger partial charge in [-0.2, -0.15) is 0 Å². The fourth-order valence-corrected chi connectivity index (χ4v) is 8.38. The van der Waals surface area contributed by atoms with Gasteiger partial charge < -0.3 is 14.0 Å². The molecule has 0 radical (unpaired) electrons. The largest absolute Gasteiger partial charge is 0.315 e. The van der Waals surface area contributed by atoms with Gasteiger partial charge in [0.05, 0.1) is 16.6 Å². The Morgan fingerprint density at radius 2 is 0.915 bits per heavy atom. The molecule has 278 valence electrons. The summed E-state index contributed by atoms with van der Waals surface area (Å²) in [6.07, 6.45) is 5.24. The first-order valence-electron chi connectivity index (χ1n) is 19.7. The van der Waals surface area contributed by atoms with E-state index in [-0.39, 0.29) is 0 Å². The van der Waals surface area contributed by atoms with Crippen molar-refractivity contribution in [2.45, 2.75) is 0 Å². The lowest BCUT2D eigenvalue weighted by Gasteiger charge is -2.26. The van der Waals surface area contributed by atoms with E-state index in [2.05, 4.69) is 229 Å². The van der Waals surface area contributed by atoms with Crippen molar-refractivity contribution in [3.8, 4) is 45.0 Å². The number of anilines is 3. The standard InChI is InChI=1S/C53H36N6/c1-4-10-37(11-5-1)38-16-24-45(25-17-38)58(47-28-20-41(21-29-47)53-55-35-54-36-56-53)46-26-18-39(19-27-46)42-23-31-50-49(34-42)48-30-22-40-32-33-57(43-12-6-2-7-13-43)51(40)52(48)59(50)44-14-8-3-9-15-44/h1-36H. The molecule has 11 rings (SSSR count). The molecule has 0 aliphatic rings. The van der Waals surface area contributed by atoms with Crippen LogP contribution in [0.2, 0.25) is 0 Å². The third-order valence-electron chi connectivity index (χ3n) is 11.2. The summed E-state index contributed by atoms with van der Waals surface area (Å²) in [7, 11) is 0. The van der Waals surface area contributed by atoms with Crippen LogP contribution in [0.5, 0.6) is 0 Å². The minimum absolute atomic E-state index is 0.646. The summed E-state index contributed by atoms with van der Waals surface area (Å²) in [6.45, 7) is 0. The van der Waals surface area contributed by atoms with Crippen molar-refractivity contribution in [3.63, 3.8) is 0 Å². The van der Waals surface area contributed by atoms with Crippen molar-refractivity contribution in [2.75, 3.05) is 4.90 Å². The van der Waals surface area contributed by atoms with Crippen LogP contribution < -0.4 is 4.90 Å². The van der Waals surface area contributed by atoms with Crippen LogP contribution in [0.1, 0.15) is 0 Å². The van der Waals surface area contributed by atoms with Gasteiger partial charge in [-0.3, -0.25) is 0 Å². The molecule has 59 heavy (non-hydrogen) atoms. The summed E-state index contributed by atoms with van der Waals surface area (Å²) >= 11 is 0. The Bertz CT molecular complexity index is 3130. The molecule has 0 N–H and O–H groups in total. The van der Waals surface area contributed by atoms with Crippen LogP contribution in [0.3, 0.4) is 0 Å². The number of hydrogen-bond donors (Lipinski definition) is 0. The fourth-order valence-electron chi connectivity index (χ4n) is 8.38. The second-order valence-corrected chi connectivity index (χ2v) is 14.6. The van der Waals surface area contributed by atoms with E-state index in [4.69, 9.17) is 0 Å². The van der Waals surface area contributed by atoms with E-state index < -0.39 is 0 Å². The molecule has 0 spiro atoms. The van der Waals surface area contributed by atoms with Crippen molar-refractivity contribution in [1.82, 2.24) is 24.1 Å².